The lowest BCUT2D eigenvalue weighted by Crippen LogP contribution is -2.55. The van der Waals surface area contributed by atoms with E-state index in [4.69, 9.17) is 16.3 Å². The molecular formula is C21H24ClN3O4. The van der Waals surface area contributed by atoms with Crippen molar-refractivity contribution in [1.29, 1.82) is 0 Å². The number of rotatable bonds is 7. The second kappa shape index (κ2) is 10.5. The van der Waals surface area contributed by atoms with Crippen LogP contribution in [0.1, 0.15) is 29.8 Å². The van der Waals surface area contributed by atoms with E-state index in [1.807, 2.05) is 19.1 Å². The summed E-state index contributed by atoms with van der Waals surface area (Å²) in [6.07, 6.45) is 0. The van der Waals surface area contributed by atoms with Gasteiger partial charge in [-0.15, -0.1) is 0 Å². The van der Waals surface area contributed by atoms with Crippen molar-refractivity contribution in [2.75, 3.05) is 6.61 Å². The fraction of sp³-hybridized carbons (Fsp3) is 0.286. The minimum atomic E-state index is -0.864. The largest absolute Gasteiger partial charge is 0.484 e. The van der Waals surface area contributed by atoms with Crippen LogP contribution in [0.4, 0.5) is 0 Å². The maximum Gasteiger partial charge on any atom is 0.276 e. The summed E-state index contributed by atoms with van der Waals surface area (Å²) in [5.41, 5.74) is 5.87. The van der Waals surface area contributed by atoms with E-state index < -0.39 is 23.8 Å². The van der Waals surface area contributed by atoms with Crippen LogP contribution in [-0.2, 0) is 9.59 Å². The van der Waals surface area contributed by atoms with E-state index in [0.717, 1.165) is 5.56 Å². The van der Waals surface area contributed by atoms with Crippen LogP contribution in [0.3, 0.4) is 0 Å². The molecule has 0 radical (unpaired) electrons. The van der Waals surface area contributed by atoms with Crippen molar-refractivity contribution in [3.8, 4) is 5.75 Å². The molecule has 2 rings (SSSR count). The summed E-state index contributed by atoms with van der Waals surface area (Å²) in [7, 11) is 0. The van der Waals surface area contributed by atoms with Crippen molar-refractivity contribution in [3.05, 3.63) is 64.7 Å². The number of benzene rings is 2. The van der Waals surface area contributed by atoms with Gasteiger partial charge in [-0.25, -0.2) is 0 Å². The fourth-order valence-corrected chi connectivity index (χ4v) is 2.72. The number of hydrogen-bond acceptors (Lipinski definition) is 4. The summed E-state index contributed by atoms with van der Waals surface area (Å²) in [5, 5.41) is 2.93. The number of hydrazine groups is 1. The molecule has 0 aliphatic rings. The molecule has 0 aliphatic heterocycles. The lowest BCUT2D eigenvalue weighted by molar-refractivity contribution is -0.131. The van der Waals surface area contributed by atoms with Gasteiger partial charge in [0.25, 0.3) is 17.7 Å². The van der Waals surface area contributed by atoms with Crippen molar-refractivity contribution >= 4 is 29.3 Å². The predicted octanol–water partition coefficient (Wildman–Crippen LogP) is 2.63. The highest BCUT2D eigenvalue weighted by atomic mass is 35.5. The molecule has 29 heavy (non-hydrogen) atoms. The molecule has 0 aromatic heterocycles. The van der Waals surface area contributed by atoms with Crippen LogP contribution in [0.2, 0.25) is 5.02 Å². The van der Waals surface area contributed by atoms with Crippen molar-refractivity contribution < 1.29 is 19.1 Å². The first-order chi connectivity index (χ1) is 13.8. The Balaban J connectivity index is 1.88. The first-order valence-corrected chi connectivity index (χ1v) is 9.49. The number of carbonyl (C=O) groups is 3. The Morgan fingerprint density at radius 2 is 1.76 bits per heavy atom. The molecule has 0 bridgehead atoms. The van der Waals surface area contributed by atoms with Gasteiger partial charge >= 0.3 is 0 Å². The molecule has 154 valence electrons. The molecule has 0 saturated carbocycles. The molecule has 7 nitrogen and oxygen atoms in total. The lowest BCUT2D eigenvalue weighted by atomic mass is 10.0. The molecule has 8 heteroatoms. The Labute approximate surface area is 174 Å². The van der Waals surface area contributed by atoms with Gasteiger partial charge in [-0.2, -0.15) is 0 Å². The van der Waals surface area contributed by atoms with Crippen molar-refractivity contribution in [1.82, 2.24) is 16.2 Å². The molecule has 0 fully saturated rings. The Hall–Kier alpha value is -3.06. The van der Waals surface area contributed by atoms with Gasteiger partial charge in [-0.05, 0) is 42.7 Å². The summed E-state index contributed by atoms with van der Waals surface area (Å²) in [6, 6.07) is 12.9. The van der Waals surface area contributed by atoms with E-state index in [1.54, 1.807) is 50.2 Å². The Morgan fingerprint density at radius 1 is 1.03 bits per heavy atom. The van der Waals surface area contributed by atoms with Gasteiger partial charge in [0.2, 0.25) is 0 Å². The normalized spacial score (nSPS) is 11.5. The Bertz CT molecular complexity index is 886. The van der Waals surface area contributed by atoms with Gasteiger partial charge in [0, 0.05) is 0 Å². The number of hydrogen-bond donors (Lipinski definition) is 3. The van der Waals surface area contributed by atoms with Crippen LogP contribution < -0.4 is 20.9 Å². The third-order valence-electron chi connectivity index (χ3n) is 4.04. The summed E-state index contributed by atoms with van der Waals surface area (Å²) in [5.74, 6) is -1.22. The smallest absolute Gasteiger partial charge is 0.276 e. The molecule has 0 aliphatic carbocycles. The Morgan fingerprint density at radius 3 is 2.41 bits per heavy atom. The second-order valence-electron chi connectivity index (χ2n) is 6.82. The molecule has 0 spiro atoms. The van der Waals surface area contributed by atoms with Gasteiger partial charge in [-0.1, -0.05) is 49.7 Å². The minimum Gasteiger partial charge on any atom is -0.484 e. The highest BCUT2D eigenvalue weighted by Gasteiger charge is 2.25. The van der Waals surface area contributed by atoms with Crippen molar-refractivity contribution in [2.24, 2.45) is 5.92 Å². The molecule has 3 N–H and O–H groups in total. The average molecular weight is 418 g/mol. The van der Waals surface area contributed by atoms with E-state index in [2.05, 4.69) is 16.2 Å². The highest BCUT2D eigenvalue weighted by Crippen LogP contribution is 2.15. The molecule has 2 aromatic carbocycles. The average Bonchev–Trinajstić information content (AvgIpc) is 2.68. The third kappa shape index (κ3) is 6.80. The zero-order valence-corrected chi connectivity index (χ0v) is 17.2. The van der Waals surface area contributed by atoms with Crippen molar-refractivity contribution in [2.45, 2.75) is 26.8 Å². The van der Waals surface area contributed by atoms with E-state index in [-0.39, 0.29) is 23.1 Å². The number of carbonyl (C=O) groups excluding carboxylic acids is 3. The molecule has 1 atom stereocenters. The number of amides is 3. The van der Waals surface area contributed by atoms with Crippen LogP contribution in [0.15, 0.2) is 48.5 Å². The quantitative estimate of drug-likeness (QED) is 0.603. The maximum atomic E-state index is 12.4. The lowest BCUT2D eigenvalue weighted by Gasteiger charge is -2.22. The van der Waals surface area contributed by atoms with Gasteiger partial charge < -0.3 is 10.1 Å². The van der Waals surface area contributed by atoms with Crippen LogP contribution in [-0.4, -0.2) is 30.4 Å². The molecular weight excluding hydrogens is 394 g/mol. The molecule has 0 unspecified atom stereocenters. The number of halogens is 1. The fourth-order valence-electron chi connectivity index (χ4n) is 2.50. The van der Waals surface area contributed by atoms with Crippen LogP contribution in [0.25, 0.3) is 0 Å². The predicted molar refractivity (Wildman–Crippen MR) is 111 cm³/mol. The summed E-state index contributed by atoms with van der Waals surface area (Å²) >= 11 is 6.03. The van der Waals surface area contributed by atoms with Crippen LogP contribution in [0, 0.1) is 12.8 Å². The zero-order chi connectivity index (χ0) is 21.4. The monoisotopic (exact) mass is 417 g/mol. The van der Waals surface area contributed by atoms with E-state index in [0.29, 0.717) is 5.75 Å². The number of ether oxygens (including phenoxy) is 1. The maximum absolute atomic E-state index is 12.4. The second-order valence-corrected chi connectivity index (χ2v) is 7.22. The van der Waals surface area contributed by atoms with Gasteiger partial charge in [0.1, 0.15) is 11.8 Å². The van der Waals surface area contributed by atoms with Crippen LogP contribution >= 0.6 is 11.6 Å². The number of aryl methyl sites for hydroxylation is 1. The number of nitrogens with one attached hydrogen (secondary N) is 3. The summed E-state index contributed by atoms with van der Waals surface area (Å²) < 4.78 is 5.38. The van der Waals surface area contributed by atoms with Crippen LogP contribution in [0.5, 0.6) is 5.75 Å². The topological polar surface area (TPSA) is 96.5 Å². The van der Waals surface area contributed by atoms with Gasteiger partial charge in [-0.3, -0.25) is 25.2 Å². The van der Waals surface area contributed by atoms with Gasteiger partial charge in [0.05, 0.1) is 10.6 Å². The van der Waals surface area contributed by atoms with Crippen molar-refractivity contribution in [3.63, 3.8) is 0 Å². The first-order valence-electron chi connectivity index (χ1n) is 9.11. The molecule has 0 saturated heterocycles. The highest BCUT2D eigenvalue weighted by molar-refractivity contribution is 6.33. The SMILES string of the molecule is Cc1cccc(OCC(=O)NNC(=O)[C@@H](NC(=O)c2ccccc2Cl)C(C)C)c1. The van der Waals surface area contributed by atoms with E-state index in [9.17, 15) is 14.4 Å². The zero-order valence-electron chi connectivity index (χ0n) is 16.5. The molecule has 0 heterocycles. The summed E-state index contributed by atoms with van der Waals surface area (Å²) in [4.78, 5) is 36.8. The minimum absolute atomic E-state index is 0.220. The first kappa shape index (κ1) is 22.2. The van der Waals surface area contributed by atoms with E-state index >= 15 is 0 Å². The standard InChI is InChI=1S/C21H24ClN3O4/c1-13(2)19(23-20(27)16-9-4-5-10-17(16)22)21(28)25-24-18(26)12-29-15-8-6-7-14(3)11-15/h4-11,13,19H,12H2,1-3H3,(H,23,27)(H,24,26)(H,25,28)/t19-/m0/s1. The van der Waals surface area contributed by atoms with Gasteiger partial charge in [0.15, 0.2) is 6.61 Å². The van der Waals surface area contributed by atoms with E-state index in [1.165, 1.54) is 0 Å². The summed E-state index contributed by atoms with van der Waals surface area (Å²) in [6.45, 7) is 5.21. The molecule has 2 aromatic rings. The Kier molecular flexibility index (Phi) is 8.03. The third-order valence-corrected chi connectivity index (χ3v) is 4.37. The molecule has 3 amide bonds.